The Morgan fingerprint density at radius 3 is 2.28 bits per heavy atom. The van der Waals surface area contributed by atoms with E-state index in [0.29, 0.717) is 23.9 Å². The van der Waals surface area contributed by atoms with E-state index < -0.39 is 28.0 Å². The number of non-ortho nitro benzene ring substituents is 1. The maximum absolute atomic E-state index is 13.7. The van der Waals surface area contributed by atoms with Crippen molar-refractivity contribution in [2.45, 2.75) is 19.6 Å². The molecule has 0 saturated heterocycles. The molecule has 0 spiro atoms. The molecule has 0 saturated carbocycles. The molecule has 0 amide bonds. The number of rotatable bonds is 8. The predicted octanol–water partition coefficient (Wildman–Crippen LogP) is 7.96. The molecule has 3 aromatic carbocycles. The fourth-order valence-electron chi connectivity index (χ4n) is 3.66. The molecule has 0 aliphatic carbocycles. The number of anilines is 3. The number of azo groups is 1. The molecule has 0 atom stereocenters. The standard InChI is InChI=1S/C27H20F3N7O2/c1-17-21(15-31)25(33-19-10-6-3-7-11-19)34-26(32-16-18-8-4-2-5-9-18)24(17)36-35-23-13-12-20(37(38)39)14-22(23)27(28,29)30/h2-14H,16H2,1H3,(H2,32,33,34). The van der Waals surface area contributed by atoms with Crippen LogP contribution in [0.4, 0.5) is 47.6 Å². The van der Waals surface area contributed by atoms with Gasteiger partial charge < -0.3 is 10.6 Å². The van der Waals surface area contributed by atoms with Gasteiger partial charge in [-0.15, -0.1) is 10.2 Å². The quantitative estimate of drug-likeness (QED) is 0.135. The van der Waals surface area contributed by atoms with Gasteiger partial charge in [0.15, 0.2) is 11.6 Å². The van der Waals surface area contributed by atoms with E-state index in [0.717, 1.165) is 17.7 Å². The lowest BCUT2D eigenvalue weighted by Gasteiger charge is -2.16. The number of nitriles is 1. The van der Waals surface area contributed by atoms with E-state index in [4.69, 9.17) is 0 Å². The summed E-state index contributed by atoms with van der Waals surface area (Å²) in [6.45, 7) is 1.89. The maximum Gasteiger partial charge on any atom is 0.418 e. The number of alkyl halides is 3. The van der Waals surface area contributed by atoms with E-state index in [1.54, 1.807) is 31.2 Å². The highest BCUT2D eigenvalue weighted by molar-refractivity contribution is 5.76. The van der Waals surface area contributed by atoms with Crippen molar-refractivity contribution >= 4 is 34.4 Å². The molecule has 1 heterocycles. The van der Waals surface area contributed by atoms with E-state index in [-0.39, 0.29) is 22.9 Å². The molecule has 1 aromatic heterocycles. The molecule has 2 N–H and O–H groups in total. The van der Waals surface area contributed by atoms with Gasteiger partial charge in [-0.2, -0.15) is 18.4 Å². The fourth-order valence-corrected chi connectivity index (χ4v) is 3.66. The molecule has 4 aromatic rings. The topological polar surface area (TPSA) is 129 Å². The Hall–Kier alpha value is -5.31. The van der Waals surface area contributed by atoms with Gasteiger partial charge in [-0.1, -0.05) is 48.5 Å². The first-order chi connectivity index (χ1) is 18.7. The lowest BCUT2D eigenvalue weighted by molar-refractivity contribution is -0.385. The first-order valence-corrected chi connectivity index (χ1v) is 11.5. The number of para-hydroxylation sites is 1. The molecular formula is C27H20F3N7O2. The minimum absolute atomic E-state index is 0.0487. The highest BCUT2D eigenvalue weighted by Gasteiger charge is 2.35. The first-order valence-electron chi connectivity index (χ1n) is 11.5. The molecule has 0 radical (unpaired) electrons. The average Bonchev–Trinajstić information content (AvgIpc) is 2.92. The molecule has 0 aliphatic heterocycles. The van der Waals surface area contributed by atoms with Gasteiger partial charge >= 0.3 is 6.18 Å². The van der Waals surface area contributed by atoms with Crippen LogP contribution in [0.3, 0.4) is 0 Å². The van der Waals surface area contributed by atoms with Gasteiger partial charge in [0, 0.05) is 29.9 Å². The summed E-state index contributed by atoms with van der Waals surface area (Å²) in [5, 5.41) is 34.9. The zero-order chi connectivity index (χ0) is 28.0. The summed E-state index contributed by atoms with van der Waals surface area (Å²) in [7, 11) is 0. The van der Waals surface area contributed by atoms with Crippen molar-refractivity contribution in [2.75, 3.05) is 10.6 Å². The van der Waals surface area contributed by atoms with Crippen molar-refractivity contribution in [2.24, 2.45) is 10.2 Å². The number of nitro groups is 1. The summed E-state index contributed by atoms with van der Waals surface area (Å²) in [5.74, 6) is 0.398. The Bertz CT molecular complexity index is 1570. The predicted molar refractivity (Wildman–Crippen MR) is 139 cm³/mol. The smallest absolute Gasteiger partial charge is 0.364 e. The molecular weight excluding hydrogens is 511 g/mol. The van der Waals surface area contributed by atoms with E-state index >= 15 is 0 Å². The summed E-state index contributed by atoms with van der Waals surface area (Å²) in [4.78, 5) is 14.6. The summed E-state index contributed by atoms with van der Waals surface area (Å²) in [6, 6.07) is 22.6. The van der Waals surface area contributed by atoms with Gasteiger partial charge in [0.1, 0.15) is 11.8 Å². The van der Waals surface area contributed by atoms with Gasteiger partial charge in [0.2, 0.25) is 0 Å². The Balaban J connectivity index is 1.81. The molecule has 39 heavy (non-hydrogen) atoms. The van der Waals surface area contributed by atoms with Gasteiger partial charge in [-0.25, -0.2) is 4.98 Å². The number of hydrogen-bond donors (Lipinski definition) is 2. The van der Waals surface area contributed by atoms with Crippen molar-refractivity contribution in [1.29, 1.82) is 5.26 Å². The SMILES string of the molecule is Cc1c(C#N)c(Nc2ccccc2)nc(NCc2ccccc2)c1N=Nc1ccc([N+](=O)[O-])cc1C(F)(F)F. The number of pyridine rings is 1. The number of nitrogens with one attached hydrogen (secondary N) is 2. The second kappa shape index (κ2) is 11.4. The lowest BCUT2D eigenvalue weighted by atomic mass is 10.1. The van der Waals surface area contributed by atoms with Gasteiger partial charge in [-0.3, -0.25) is 10.1 Å². The Labute approximate surface area is 220 Å². The molecule has 0 aliphatic rings. The van der Waals surface area contributed by atoms with Gasteiger partial charge in [0.05, 0.1) is 21.7 Å². The Morgan fingerprint density at radius 1 is 1.00 bits per heavy atom. The molecule has 0 bridgehead atoms. The second-order valence-electron chi connectivity index (χ2n) is 8.26. The zero-order valence-corrected chi connectivity index (χ0v) is 20.4. The van der Waals surface area contributed by atoms with E-state index in [1.807, 2.05) is 36.4 Å². The van der Waals surface area contributed by atoms with Crippen molar-refractivity contribution in [3.63, 3.8) is 0 Å². The fraction of sp³-hybridized carbons (Fsp3) is 0.111. The summed E-state index contributed by atoms with van der Waals surface area (Å²) >= 11 is 0. The summed E-state index contributed by atoms with van der Waals surface area (Å²) in [6.07, 6.45) is -4.91. The van der Waals surface area contributed by atoms with Crippen LogP contribution in [-0.2, 0) is 12.7 Å². The van der Waals surface area contributed by atoms with Crippen molar-refractivity contribution in [3.05, 3.63) is 111 Å². The number of nitrogens with zero attached hydrogens (tertiary/aromatic N) is 5. The normalized spacial score (nSPS) is 11.3. The average molecular weight is 531 g/mol. The molecule has 0 fully saturated rings. The monoisotopic (exact) mass is 531 g/mol. The third-order valence-corrected chi connectivity index (χ3v) is 5.62. The Morgan fingerprint density at radius 2 is 1.67 bits per heavy atom. The van der Waals surface area contributed by atoms with Crippen LogP contribution in [0.25, 0.3) is 0 Å². The largest absolute Gasteiger partial charge is 0.418 e. The molecule has 12 heteroatoms. The minimum atomic E-state index is -4.91. The third-order valence-electron chi connectivity index (χ3n) is 5.62. The Kier molecular flexibility index (Phi) is 7.81. The highest BCUT2D eigenvalue weighted by atomic mass is 19.4. The van der Waals surface area contributed by atoms with E-state index in [1.165, 1.54) is 0 Å². The van der Waals surface area contributed by atoms with Crippen LogP contribution < -0.4 is 10.6 Å². The molecule has 9 nitrogen and oxygen atoms in total. The first kappa shape index (κ1) is 26.7. The van der Waals surface area contributed by atoms with Crippen LogP contribution in [0.2, 0.25) is 0 Å². The summed E-state index contributed by atoms with van der Waals surface area (Å²) in [5.41, 5.74) is -0.598. The van der Waals surface area contributed by atoms with Gasteiger partial charge in [0.25, 0.3) is 5.69 Å². The summed E-state index contributed by atoms with van der Waals surface area (Å²) < 4.78 is 41.0. The lowest BCUT2D eigenvalue weighted by Crippen LogP contribution is -2.07. The number of nitro benzene ring substituents is 1. The van der Waals surface area contributed by atoms with Gasteiger partial charge in [-0.05, 0) is 30.7 Å². The molecule has 4 rings (SSSR count). The highest BCUT2D eigenvalue weighted by Crippen LogP contribution is 2.41. The van der Waals surface area contributed by atoms with Crippen molar-refractivity contribution in [1.82, 2.24) is 4.98 Å². The number of hydrogen-bond acceptors (Lipinski definition) is 8. The van der Waals surface area contributed by atoms with Crippen molar-refractivity contribution in [3.8, 4) is 6.07 Å². The number of benzene rings is 3. The van der Waals surface area contributed by atoms with Crippen LogP contribution in [0, 0.1) is 28.4 Å². The van der Waals surface area contributed by atoms with Crippen LogP contribution >= 0.6 is 0 Å². The van der Waals surface area contributed by atoms with Crippen molar-refractivity contribution < 1.29 is 18.1 Å². The van der Waals surface area contributed by atoms with Crippen LogP contribution in [0.5, 0.6) is 0 Å². The third kappa shape index (κ3) is 6.34. The minimum Gasteiger partial charge on any atom is -0.364 e. The second-order valence-corrected chi connectivity index (χ2v) is 8.26. The van der Waals surface area contributed by atoms with E-state index in [9.17, 15) is 28.5 Å². The number of halogens is 3. The molecule has 0 unspecified atom stereocenters. The van der Waals surface area contributed by atoms with Crippen LogP contribution in [-0.4, -0.2) is 9.91 Å². The molecule has 196 valence electrons. The maximum atomic E-state index is 13.7. The van der Waals surface area contributed by atoms with Crippen LogP contribution in [0.15, 0.2) is 89.1 Å². The van der Waals surface area contributed by atoms with E-state index in [2.05, 4.69) is 31.9 Å². The number of aromatic nitrogens is 1. The zero-order valence-electron chi connectivity index (χ0n) is 20.4. The van der Waals surface area contributed by atoms with Crippen LogP contribution in [0.1, 0.15) is 22.3 Å².